The number of aromatic nitrogens is 1. The third-order valence-corrected chi connectivity index (χ3v) is 5.17. The zero-order valence-corrected chi connectivity index (χ0v) is 14.6. The molecule has 0 aliphatic carbocycles. The number of amides is 1. The van der Waals surface area contributed by atoms with E-state index in [1.54, 1.807) is 0 Å². The van der Waals surface area contributed by atoms with Gasteiger partial charge in [0.05, 0.1) is 0 Å². The molecule has 0 radical (unpaired) electrons. The molecule has 1 aromatic heterocycles. The number of carbonyl (C=O) groups excluding carboxylic acids is 1. The molecule has 2 aliphatic rings. The number of anilines is 1. The van der Waals surface area contributed by atoms with Crippen LogP contribution in [-0.4, -0.2) is 37.1 Å². The number of carbonyl (C=O) groups is 1. The van der Waals surface area contributed by atoms with Crippen molar-refractivity contribution in [3.05, 3.63) is 23.9 Å². The normalized spacial score (nSPS) is 21.5. The van der Waals surface area contributed by atoms with Crippen LogP contribution in [0.1, 0.15) is 50.5 Å². The Kier molecular flexibility index (Phi) is 6.47. The molecular formula is C19H30N4O. The predicted octanol–water partition coefficient (Wildman–Crippen LogP) is 2.47. The number of rotatable bonds is 6. The largest absolute Gasteiger partial charge is 0.357 e. The van der Waals surface area contributed by atoms with E-state index in [-0.39, 0.29) is 5.91 Å². The number of hydrogen-bond donors (Lipinski definition) is 2. The minimum Gasteiger partial charge on any atom is -0.357 e. The summed E-state index contributed by atoms with van der Waals surface area (Å²) in [6.07, 6.45) is 9.84. The molecule has 3 heterocycles. The van der Waals surface area contributed by atoms with E-state index in [1.165, 1.54) is 32.1 Å². The van der Waals surface area contributed by atoms with Gasteiger partial charge in [-0.25, -0.2) is 4.98 Å². The maximum Gasteiger partial charge on any atom is 0.220 e. The van der Waals surface area contributed by atoms with Gasteiger partial charge in [0.25, 0.3) is 0 Å². The molecular weight excluding hydrogens is 300 g/mol. The Morgan fingerprint density at radius 3 is 2.88 bits per heavy atom. The van der Waals surface area contributed by atoms with E-state index in [1.807, 2.05) is 12.3 Å². The minimum absolute atomic E-state index is 0.162. The molecule has 2 fully saturated rings. The van der Waals surface area contributed by atoms with Crippen LogP contribution in [0.25, 0.3) is 0 Å². The lowest BCUT2D eigenvalue weighted by Gasteiger charge is -2.21. The van der Waals surface area contributed by atoms with E-state index in [9.17, 15) is 4.79 Å². The molecule has 3 rings (SSSR count). The maximum absolute atomic E-state index is 12.0. The molecule has 132 valence electrons. The van der Waals surface area contributed by atoms with Crippen molar-refractivity contribution in [3.8, 4) is 0 Å². The van der Waals surface area contributed by atoms with Crippen LogP contribution in [0.4, 0.5) is 5.82 Å². The summed E-state index contributed by atoms with van der Waals surface area (Å²) in [7, 11) is 0. The smallest absolute Gasteiger partial charge is 0.220 e. The third-order valence-electron chi connectivity index (χ3n) is 5.17. The van der Waals surface area contributed by atoms with Crippen molar-refractivity contribution in [1.29, 1.82) is 0 Å². The lowest BCUT2D eigenvalue weighted by molar-refractivity contribution is -0.121. The fourth-order valence-electron chi connectivity index (χ4n) is 3.63. The van der Waals surface area contributed by atoms with Gasteiger partial charge in [0.15, 0.2) is 0 Å². The fourth-order valence-corrected chi connectivity index (χ4v) is 3.63. The Morgan fingerprint density at radius 2 is 2.12 bits per heavy atom. The predicted molar refractivity (Wildman–Crippen MR) is 97.0 cm³/mol. The first-order valence-corrected chi connectivity index (χ1v) is 9.48. The van der Waals surface area contributed by atoms with E-state index in [2.05, 4.69) is 26.6 Å². The van der Waals surface area contributed by atoms with E-state index < -0.39 is 0 Å². The highest BCUT2D eigenvalue weighted by molar-refractivity contribution is 5.75. The van der Waals surface area contributed by atoms with Crippen LogP contribution in [0.15, 0.2) is 18.3 Å². The van der Waals surface area contributed by atoms with Crippen LogP contribution in [0.3, 0.4) is 0 Å². The average molecular weight is 330 g/mol. The van der Waals surface area contributed by atoms with Gasteiger partial charge >= 0.3 is 0 Å². The van der Waals surface area contributed by atoms with Crippen molar-refractivity contribution in [2.45, 2.75) is 51.5 Å². The third kappa shape index (κ3) is 5.20. The van der Waals surface area contributed by atoms with E-state index >= 15 is 0 Å². The van der Waals surface area contributed by atoms with Gasteiger partial charge in [0, 0.05) is 32.3 Å². The molecule has 2 saturated heterocycles. The second-order valence-corrected chi connectivity index (χ2v) is 7.10. The number of pyridine rings is 1. The first kappa shape index (κ1) is 17.2. The van der Waals surface area contributed by atoms with Crippen molar-refractivity contribution < 1.29 is 4.79 Å². The van der Waals surface area contributed by atoms with Crippen LogP contribution in [0.5, 0.6) is 0 Å². The standard InChI is InChI=1S/C19H30N4O/c24-19(6-5-16-7-9-20-14-16)22-15-17-8-10-21-18(13-17)23-11-3-1-2-4-12-23/h8,10,13,16,20H,1-7,9,11-12,14-15H2,(H,22,24). The molecule has 0 spiro atoms. The SMILES string of the molecule is O=C(CCC1CCNC1)NCc1ccnc(N2CCCCCC2)c1. The van der Waals surface area contributed by atoms with Crippen LogP contribution in [0, 0.1) is 5.92 Å². The Bertz CT molecular complexity index is 520. The molecule has 1 aromatic rings. The van der Waals surface area contributed by atoms with Gasteiger partial charge in [-0.2, -0.15) is 0 Å². The first-order valence-electron chi connectivity index (χ1n) is 9.48. The summed E-state index contributed by atoms with van der Waals surface area (Å²) < 4.78 is 0. The van der Waals surface area contributed by atoms with Crippen molar-refractivity contribution in [3.63, 3.8) is 0 Å². The van der Waals surface area contributed by atoms with Gasteiger partial charge in [0.1, 0.15) is 5.82 Å². The van der Waals surface area contributed by atoms with Gasteiger partial charge in [-0.1, -0.05) is 12.8 Å². The van der Waals surface area contributed by atoms with Crippen molar-refractivity contribution >= 4 is 11.7 Å². The zero-order valence-electron chi connectivity index (χ0n) is 14.6. The summed E-state index contributed by atoms with van der Waals surface area (Å²) in [5.41, 5.74) is 1.14. The zero-order chi connectivity index (χ0) is 16.6. The number of nitrogens with zero attached hydrogens (tertiary/aromatic N) is 2. The van der Waals surface area contributed by atoms with Gasteiger partial charge < -0.3 is 15.5 Å². The van der Waals surface area contributed by atoms with Crippen molar-refractivity contribution in [2.24, 2.45) is 5.92 Å². The summed E-state index contributed by atoms with van der Waals surface area (Å²) >= 11 is 0. The van der Waals surface area contributed by atoms with E-state index in [0.717, 1.165) is 44.0 Å². The molecule has 0 saturated carbocycles. The van der Waals surface area contributed by atoms with Crippen LogP contribution in [-0.2, 0) is 11.3 Å². The van der Waals surface area contributed by atoms with Gasteiger partial charge in [-0.05, 0) is 62.4 Å². The quantitative estimate of drug-likeness (QED) is 0.841. The van der Waals surface area contributed by atoms with E-state index in [0.29, 0.717) is 18.9 Å². The topological polar surface area (TPSA) is 57.3 Å². The first-order chi connectivity index (χ1) is 11.8. The molecule has 2 N–H and O–H groups in total. The summed E-state index contributed by atoms with van der Waals surface area (Å²) in [6, 6.07) is 4.13. The van der Waals surface area contributed by atoms with Gasteiger partial charge in [0.2, 0.25) is 5.91 Å². The Labute approximate surface area is 145 Å². The van der Waals surface area contributed by atoms with Crippen LogP contribution >= 0.6 is 0 Å². The minimum atomic E-state index is 0.162. The molecule has 5 heteroatoms. The molecule has 0 bridgehead atoms. The molecule has 5 nitrogen and oxygen atoms in total. The molecule has 24 heavy (non-hydrogen) atoms. The second kappa shape index (κ2) is 9.02. The summed E-state index contributed by atoms with van der Waals surface area (Å²) in [4.78, 5) is 19.0. The van der Waals surface area contributed by atoms with Crippen molar-refractivity contribution in [1.82, 2.24) is 15.6 Å². The molecule has 1 atom stereocenters. The van der Waals surface area contributed by atoms with Crippen LogP contribution in [0.2, 0.25) is 0 Å². The molecule has 2 aliphatic heterocycles. The number of hydrogen-bond acceptors (Lipinski definition) is 4. The lowest BCUT2D eigenvalue weighted by atomic mass is 10.0. The highest BCUT2D eigenvalue weighted by atomic mass is 16.1. The monoisotopic (exact) mass is 330 g/mol. The molecule has 0 aromatic carbocycles. The Hall–Kier alpha value is -1.62. The maximum atomic E-state index is 12.0. The molecule has 1 amide bonds. The summed E-state index contributed by atoms with van der Waals surface area (Å²) in [5.74, 6) is 1.89. The fraction of sp³-hybridized carbons (Fsp3) is 0.684. The van der Waals surface area contributed by atoms with Crippen molar-refractivity contribution in [2.75, 3.05) is 31.1 Å². The van der Waals surface area contributed by atoms with Crippen LogP contribution < -0.4 is 15.5 Å². The highest BCUT2D eigenvalue weighted by Gasteiger charge is 2.16. The van der Waals surface area contributed by atoms with E-state index in [4.69, 9.17) is 0 Å². The lowest BCUT2D eigenvalue weighted by Crippen LogP contribution is -2.26. The second-order valence-electron chi connectivity index (χ2n) is 7.10. The van der Waals surface area contributed by atoms with Gasteiger partial charge in [-0.3, -0.25) is 4.79 Å². The summed E-state index contributed by atoms with van der Waals surface area (Å²) in [6.45, 7) is 4.96. The Balaban J connectivity index is 1.46. The number of nitrogens with one attached hydrogen (secondary N) is 2. The summed E-state index contributed by atoms with van der Waals surface area (Å²) in [5, 5.41) is 6.41. The average Bonchev–Trinajstić information content (AvgIpc) is 2.98. The van der Waals surface area contributed by atoms with Gasteiger partial charge in [-0.15, -0.1) is 0 Å². The Morgan fingerprint density at radius 1 is 1.29 bits per heavy atom. The highest BCUT2D eigenvalue weighted by Crippen LogP contribution is 2.18. The molecule has 1 unspecified atom stereocenters.